The number of carbonyl (C=O) groups excluding carboxylic acids is 1. The van der Waals surface area contributed by atoms with Gasteiger partial charge in [0.1, 0.15) is 0 Å². The Morgan fingerprint density at radius 3 is 2.82 bits per heavy atom. The van der Waals surface area contributed by atoms with Gasteiger partial charge in [0.25, 0.3) is 5.91 Å². The zero-order valence-corrected chi connectivity index (χ0v) is 10.4. The van der Waals surface area contributed by atoms with E-state index in [1.165, 1.54) is 0 Å². The number of rotatable bonds is 5. The summed E-state index contributed by atoms with van der Waals surface area (Å²) in [5, 5.41) is 9.03. The maximum Gasteiger partial charge on any atom is 0.253 e. The second kappa shape index (κ2) is 6.37. The molecule has 0 spiro atoms. The van der Waals surface area contributed by atoms with Gasteiger partial charge in [-0.1, -0.05) is 12.1 Å². The molecule has 1 aromatic carbocycles. The molecule has 0 saturated heterocycles. The van der Waals surface area contributed by atoms with Gasteiger partial charge in [-0.05, 0) is 37.6 Å². The molecule has 1 rings (SSSR count). The monoisotopic (exact) mass is 236 g/mol. The molecule has 1 atom stereocenters. The minimum Gasteiger partial charge on any atom is -0.394 e. The Morgan fingerprint density at radius 2 is 2.24 bits per heavy atom. The number of aliphatic hydroxyl groups excluding tert-OH is 1. The molecule has 0 heterocycles. The van der Waals surface area contributed by atoms with Crippen molar-refractivity contribution in [2.24, 2.45) is 5.73 Å². The molecule has 1 amide bonds. The van der Waals surface area contributed by atoms with Crippen LogP contribution in [0.2, 0.25) is 0 Å². The Balaban J connectivity index is 2.84. The van der Waals surface area contributed by atoms with Gasteiger partial charge in [0.15, 0.2) is 0 Å². The van der Waals surface area contributed by atoms with Gasteiger partial charge in [0, 0.05) is 12.6 Å². The number of nitrogens with zero attached hydrogens (tertiary/aromatic N) is 1. The van der Waals surface area contributed by atoms with Crippen LogP contribution in [0.3, 0.4) is 0 Å². The van der Waals surface area contributed by atoms with Gasteiger partial charge in [-0.25, -0.2) is 0 Å². The first-order chi connectivity index (χ1) is 8.10. The zero-order valence-electron chi connectivity index (χ0n) is 10.4. The van der Waals surface area contributed by atoms with E-state index in [9.17, 15) is 4.79 Å². The highest BCUT2D eigenvalue weighted by molar-refractivity contribution is 5.94. The summed E-state index contributed by atoms with van der Waals surface area (Å²) >= 11 is 0. The van der Waals surface area contributed by atoms with E-state index in [0.717, 1.165) is 12.0 Å². The minimum atomic E-state index is -0.180. The number of hydrogen-bond acceptors (Lipinski definition) is 3. The van der Waals surface area contributed by atoms with Crippen LogP contribution in [0.25, 0.3) is 0 Å². The van der Waals surface area contributed by atoms with Crippen LogP contribution >= 0.6 is 0 Å². The van der Waals surface area contributed by atoms with E-state index in [2.05, 4.69) is 0 Å². The maximum absolute atomic E-state index is 12.1. The van der Waals surface area contributed by atoms with Crippen molar-refractivity contribution >= 4 is 5.91 Å². The molecule has 4 heteroatoms. The Labute approximate surface area is 102 Å². The Kier molecular flexibility index (Phi) is 5.12. The number of carbonyl (C=O) groups is 1. The van der Waals surface area contributed by atoms with Crippen molar-refractivity contribution < 1.29 is 9.90 Å². The molecule has 0 fully saturated rings. The van der Waals surface area contributed by atoms with Crippen molar-refractivity contribution in [1.29, 1.82) is 0 Å². The molecule has 0 aliphatic carbocycles. The van der Waals surface area contributed by atoms with Crippen molar-refractivity contribution in [3.8, 4) is 0 Å². The first-order valence-electron chi connectivity index (χ1n) is 5.77. The molecule has 0 saturated carbocycles. The number of nitrogens with two attached hydrogens (primary N) is 1. The van der Waals surface area contributed by atoms with Gasteiger partial charge < -0.3 is 15.7 Å². The molecule has 0 aliphatic rings. The Morgan fingerprint density at radius 1 is 1.53 bits per heavy atom. The summed E-state index contributed by atoms with van der Waals surface area (Å²) in [7, 11) is 1.69. The second-order valence-corrected chi connectivity index (χ2v) is 4.19. The number of likely N-dealkylation sites (N-methyl/N-ethyl adjacent to an activating group) is 1. The molecule has 4 nitrogen and oxygen atoms in total. The lowest BCUT2D eigenvalue weighted by Crippen LogP contribution is -2.37. The molecule has 94 valence electrons. The highest BCUT2D eigenvalue weighted by atomic mass is 16.3. The maximum atomic E-state index is 12.1. The third-order valence-electron chi connectivity index (χ3n) is 2.85. The van der Waals surface area contributed by atoms with Crippen LogP contribution in [0.1, 0.15) is 22.8 Å². The molecule has 3 N–H and O–H groups in total. The van der Waals surface area contributed by atoms with E-state index in [1.54, 1.807) is 18.0 Å². The molecule has 1 unspecified atom stereocenters. The normalized spacial score (nSPS) is 12.2. The van der Waals surface area contributed by atoms with Crippen molar-refractivity contribution in [3.05, 3.63) is 35.4 Å². The molecule has 0 radical (unpaired) electrons. The smallest absolute Gasteiger partial charge is 0.253 e. The SMILES string of the molecule is CC(CO)N(C)C(=O)c1cccc(CCN)c1. The standard InChI is InChI=1S/C13H20N2O2/c1-10(9-16)15(2)13(17)12-5-3-4-11(8-12)6-7-14/h3-5,8,10,16H,6-7,9,14H2,1-2H3. The molecular formula is C13H20N2O2. The average molecular weight is 236 g/mol. The summed E-state index contributed by atoms with van der Waals surface area (Å²) in [5.74, 6) is -0.0783. The van der Waals surface area contributed by atoms with Crippen LogP contribution < -0.4 is 5.73 Å². The van der Waals surface area contributed by atoms with Crippen LogP contribution in [0.15, 0.2) is 24.3 Å². The van der Waals surface area contributed by atoms with Gasteiger partial charge in [-0.2, -0.15) is 0 Å². The molecule has 0 bridgehead atoms. The number of aliphatic hydroxyl groups is 1. The van der Waals surface area contributed by atoms with Crippen LogP contribution in [0.4, 0.5) is 0 Å². The van der Waals surface area contributed by atoms with Crippen molar-refractivity contribution in [3.63, 3.8) is 0 Å². The average Bonchev–Trinajstić information content (AvgIpc) is 2.36. The first-order valence-corrected chi connectivity index (χ1v) is 5.77. The predicted molar refractivity (Wildman–Crippen MR) is 67.8 cm³/mol. The Bertz CT molecular complexity index is 379. The fourth-order valence-electron chi connectivity index (χ4n) is 1.55. The fourth-order valence-corrected chi connectivity index (χ4v) is 1.55. The Hall–Kier alpha value is -1.39. The van der Waals surface area contributed by atoms with Crippen molar-refractivity contribution in [2.45, 2.75) is 19.4 Å². The van der Waals surface area contributed by atoms with E-state index in [-0.39, 0.29) is 18.6 Å². The van der Waals surface area contributed by atoms with Crippen LogP contribution in [-0.4, -0.2) is 42.2 Å². The van der Waals surface area contributed by atoms with Gasteiger partial charge in [0.2, 0.25) is 0 Å². The van der Waals surface area contributed by atoms with Gasteiger partial charge >= 0.3 is 0 Å². The van der Waals surface area contributed by atoms with E-state index in [4.69, 9.17) is 10.8 Å². The van der Waals surface area contributed by atoms with Crippen LogP contribution in [-0.2, 0) is 6.42 Å². The van der Waals surface area contributed by atoms with Crippen LogP contribution in [0, 0.1) is 0 Å². The lowest BCUT2D eigenvalue weighted by molar-refractivity contribution is 0.0682. The lowest BCUT2D eigenvalue weighted by Gasteiger charge is -2.23. The predicted octanol–water partition coefficient (Wildman–Crippen LogP) is 0.641. The summed E-state index contributed by atoms with van der Waals surface area (Å²) in [4.78, 5) is 13.6. The van der Waals surface area contributed by atoms with E-state index in [1.807, 2.05) is 25.1 Å². The summed E-state index contributed by atoms with van der Waals surface area (Å²) in [5.41, 5.74) is 7.18. The summed E-state index contributed by atoms with van der Waals surface area (Å²) in [6, 6.07) is 7.27. The minimum absolute atomic E-state index is 0.0370. The third kappa shape index (κ3) is 3.54. The topological polar surface area (TPSA) is 66.6 Å². The highest BCUT2D eigenvalue weighted by Crippen LogP contribution is 2.10. The highest BCUT2D eigenvalue weighted by Gasteiger charge is 2.16. The lowest BCUT2D eigenvalue weighted by atomic mass is 10.1. The number of amides is 1. The van der Waals surface area contributed by atoms with Crippen molar-refractivity contribution in [2.75, 3.05) is 20.2 Å². The van der Waals surface area contributed by atoms with E-state index >= 15 is 0 Å². The largest absolute Gasteiger partial charge is 0.394 e. The summed E-state index contributed by atoms with van der Waals surface area (Å²) in [6.45, 7) is 2.34. The quantitative estimate of drug-likeness (QED) is 0.788. The number of hydrogen-bond donors (Lipinski definition) is 2. The molecule has 0 aliphatic heterocycles. The first kappa shape index (κ1) is 13.7. The zero-order chi connectivity index (χ0) is 12.8. The molecule has 0 aromatic heterocycles. The molecule has 1 aromatic rings. The molecule has 17 heavy (non-hydrogen) atoms. The summed E-state index contributed by atoms with van der Waals surface area (Å²) < 4.78 is 0. The van der Waals surface area contributed by atoms with Gasteiger partial charge in [0.05, 0.1) is 12.6 Å². The van der Waals surface area contributed by atoms with Gasteiger partial charge in [-0.15, -0.1) is 0 Å². The summed E-state index contributed by atoms with van der Waals surface area (Å²) in [6.07, 6.45) is 0.764. The van der Waals surface area contributed by atoms with Crippen LogP contribution in [0.5, 0.6) is 0 Å². The fraction of sp³-hybridized carbons (Fsp3) is 0.462. The number of benzene rings is 1. The molecular weight excluding hydrogens is 216 g/mol. The van der Waals surface area contributed by atoms with E-state index < -0.39 is 0 Å². The second-order valence-electron chi connectivity index (χ2n) is 4.19. The van der Waals surface area contributed by atoms with E-state index in [0.29, 0.717) is 12.1 Å². The van der Waals surface area contributed by atoms with Crippen molar-refractivity contribution in [1.82, 2.24) is 4.90 Å². The third-order valence-corrected chi connectivity index (χ3v) is 2.85. The van der Waals surface area contributed by atoms with Gasteiger partial charge in [-0.3, -0.25) is 4.79 Å².